The molecule has 1 heterocycles. The molecule has 176 valence electrons. The van der Waals surface area contributed by atoms with Crippen LogP contribution in [0.3, 0.4) is 0 Å². The minimum Gasteiger partial charge on any atom is -0.488 e. The van der Waals surface area contributed by atoms with Gasteiger partial charge in [-0.15, -0.1) is 0 Å². The molecule has 0 amide bonds. The maximum absolute atomic E-state index is 13.6. The van der Waals surface area contributed by atoms with Crippen molar-refractivity contribution in [1.29, 1.82) is 0 Å². The second-order valence-electron chi connectivity index (χ2n) is 7.97. The zero-order valence-electron chi connectivity index (χ0n) is 18.0. The van der Waals surface area contributed by atoms with Crippen LogP contribution in [0, 0.1) is 0 Å². The van der Waals surface area contributed by atoms with E-state index in [1.165, 1.54) is 12.1 Å². The zero-order valence-corrected chi connectivity index (χ0v) is 18.8. The number of rotatable bonds is 6. The third-order valence-corrected chi connectivity index (χ3v) is 6.09. The first kappa shape index (κ1) is 23.8. The Morgan fingerprint density at radius 2 is 1.74 bits per heavy atom. The average Bonchev–Trinajstić information content (AvgIpc) is 2.83. The van der Waals surface area contributed by atoms with Crippen LogP contribution in [0.4, 0.5) is 13.2 Å². The molecule has 2 aromatic carbocycles. The predicted octanol–water partition coefficient (Wildman–Crippen LogP) is 7.52. The molecule has 1 N–H and O–H groups in total. The van der Waals surface area contributed by atoms with Gasteiger partial charge in [0.25, 0.3) is 0 Å². The molecular formula is C26H21ClF3NO3. The van der Waals surface area contributed by atoms with Gasteiger partial charge in [0.05, 0.1) is 11.3 Å². The molecule has 3 aromatic rings. The van der Waals surface area contributed by atoms with Crippen molar-refractivity contribution in [3.8, 4) is 5.75 Å². The summed E-state index contributed by atoms with van der Waals surface area (Å²) in [5.41, 5.74) is 2.01. The standard InChI is InChI=1S/C26H21ClF3NO3/c27-21-9-4-1-6-16(21)15-34-24-13-12-17(26(28,29)30)14-20(24)18-7-2-3-8-19(18)22-10-5-11-23(31-22)25(32)33/h1,4-6,9-14H,2-3,7-8,15H2,(H,32,33). The number of pyridine rings is 1. The molecule has 0 radical (unpaired) electrons. The van der Waals surface area contributed by atoms with Crippen molar-refractivity contribution >= 4 is 28.7 Å². The van der Waals surface area contributed by atoms with E-state index in [1.54, 1.807) is 36.4 Å². The predicted molar refractivity (Wildman–Crippen MR) is 124 cm³/mol. The molecule has 0 saturated carbocycles. The van der Waals surface area contributed by atoms with E-state index in [2.05, 4.69) is 4.98 Å². The van der Waals surface area contributed by atoms with Crippen LogP contribution in [0.5, 0.6) is 5.75 Å². The second-order valence-corrected chi connectivity index (χ2v) is 8.37. The summed E-state index contributed by atoms with van der Waals surface area (Å²) in [6.07, 6.45) is -1.80. The minimum atomic E-state index is -4.52. The number of hydrogen-bond donors (Lipinski definition) is 1. The monoisotopic (exact) mass is 487 g/mol. The van der Waals surface area contributed by atoms with Gasteiger partial charge in [0, 0.05) is 16.1 Å². The molecule has 0 unspecified atom stereocenters. The summed E-state index contributed by atoms with van der Waals surface area (Å²) in [6, 6.07) is 15.2. The highest BCUT2D eigenvalue weighted by atomic mass is 35.5. The molecule has 1 aliphatic carbocycles. The number of aromatic carboxylic acids is 1. The highest BCUT2D eigenvalue weighted by Gasteiger charge is 2.32. The third kappa shape index (κ3) is 5.25. The van der Waals surface area contributed by atoms with E-state index in [0.29, 0.717) is 46.0 Å². The minimum absolute atomic E-state index is 0.0907. The first-order chi connectivity index (χ1) is 16.2. The Bertz CT molecular complexity index is 1250. The maximum Gasteiger partial charge on any atom is 0.416 e. The highest BCUT2D eigenvalue weighted by Crippen LogP contribution is 2.43. The molecular weight excluding hydrogens is 467 g/mol. The topological polar surface area (TPSA) is 59.4 Å². The first-order valence-electron chi connectivity index (χ1n) is 10.7. The molecule has 1 aromatic heterocycles. The zero-order chi connectivity index (χ0) is 24.3. The molecule has 34 heavy (non-hydrogen) atoms. The van der Waals surface area contributed by atoms with Crippen LogP contribution in [0.15, 0.2) is 60.7 Å². The lowest BCUT2D eigenvalue weighted by atomic mass is 9.84. The fraction of sp³-hybridized carbons (Fsp3) is 0.231. The third-order valence-electron chi connectivity index (χ3n) is 5.72. The van der Waals surface area contributed by atoms with Crippen molar-refractivity contribution in [3.05, 3.63) is 93.8 Å². The van der Waals surface area contributed by atoms with Crippen LogP contribution in [0.25, 0.3) is 11.1 Å². The van der Waals surface area contributed by atoms with E-state index in [4.69, 9.17) is 16.3 Å². The number of carbonyl (C=O) groups is 1. The molecule has 0 atom stereocenters. The number of carboxylic acids is 1. The second kappa shape index (κ2) is 9.89. The van der Waals surface area contributed by atoms with E-state index >= 15 is 0 Å². The Kier molecular flexibility index (Phi) is 6.93. The van der Waals surface area contributed by atoms with Crippen LogP contribution < -0.4 is 4.74 Å². The van der Waals surface area contributed by atoms with Crippen LogP contribution in [-0.4, -0.2) is 16.1 Å². The van der Waals surface area contributed by atoms with E-state index in [1.807, 2.05) is 0 Å². The molecule has 0 bridgehead atoms. The molecule has 0 spiro atoms. The number of allylic oxidation sites excluding steroid dienone is 2. The summed E-state index contributed by atoms with van der Waals surface area (Å²) < 4.78 is 46.7. The molecule has 0 saturated heterocycles. The fourth-order valence-electron chi connectivity index (χ4n) is 4.05. The summed E-state index contributed by atoms with van der Waals surface area (Å²) >= 11 is 6.21. The number of halogens is 4. The normalized spacial score (nSPS) is 14.2. The summed E-state index contributed by atoms with van der Waals surface area (Å²) in [6.45, 7) is 0.0907. The van der Waals surface area contributed by atoms with Gasteiger partial charge in [-0.3, -0.25) is 0 Å². The van der Waals surface area contributed by atoms with Crippen molar-refractivity contribution in [2.75, 3.05) is 0 Å². The molecule has 8 heteroatoms. The van der Waals surface area contributed by atoms with Gasteiger partial charge in [0.2, 0.25) is 0 Å². The van der Waals surface area contributed by atoms with Crippen LogP contribution in [-0.2, 0) is 12.8 Å². The van der Waals surface area contributed by atoms with Crippen LogP contribution in [0.2, 0.25) is 5.02 Å². The van der Waals surface area contributed by atoms with Gasteiger partial charge in [-0.2, -0.15) is 13.2 Å². The van der Waals surface area contributed by atoms with Crippen molar-refractivity contribution in [3.63, 3.8) is 0 Å². The molecule has 0 aliphatic heterocycles. The van der Waals surface area contributed by atoms with Gasteiger partial charge < -0.3 is 9.84 Å². The molecule has 0 fully saturated rings. The van der Waals surface area contributed by atoms with Crippen molar-refractivity contribution in [2.24, 2.45) is 0 Å². The molecule has 4 rings (SSSR count). The average molecular weight is 488 g/mol. The highest BCUT2D eigenvalue weighted by molar-refractivity contribution is 6.31. The van der Waals surface area contributed by atoms with Crippen LogP contribution in [0.1, 0.15) is 58.6 Å². The Morgan fingerprint density at radius 3 is 2.44 bits per heavy atom. The number of hydrogen-bond acceptors (Lipinski definition) is 3. The largest absolute Gasteiger partial charge is 0.488 e. The lowest BCUT2D eigenvalue weighted by Gasteiger charge is -2.24. The lowest BCUT2D eigenvalue weighted by Crippen LogP contribution is -2.09. The van der Waals surface area contributed by atoms with Gasteiger partial charge in [0.1, 0.15) is 18.1 Å². The van der Waals surface area contributed by atoms with Gasteiger partial charge >= 0.3 is 12.1 Å². The quantitative estimate of drug-likeness (QED) is 0.390. The SMILES string of the molecule is O=C(O)c1cccc(C2=C(c3cc(C(F)(F)F)ccc3OCc3ccccc3Cl)CCCC2)n1. The Hall–Kier alpha value is -3.32. The van der Waals surface area contributed by atoms with Gasteiger partial charge in [-0.1, -0.05) is 35.9 Å². The summed E-state index contributed by atoms with van der Waals surface area (Å²) in [7, 11) is 0. The Morgan fingerprint density at radius 1 is 1.00 bits per heavy atom. The Balaban J connectivity index is 1.82. The maximum atomic E-state index is 13.6. The number of alkyl halides is 3. The van der Waals surface area contributed by atoms with Crippen molar-refractivity contribution in [1.82, 2.24) is 4.98 Å². The summed E-state index contributed by atoms with van der Waals surface area (Å²) in [5, 5.41) is 9.83. The number of aromatic nitrogens is 1. The van der Waals surface area contributed by atoms with E-state index < -0.39 is 17.7 Å². The van der Waals surface area contributed by atoms with Gasteiger partial charge in [-0.25, -0.2) is 9.78 Å². The summed E-state index contributed by atoms with van der Waals surface area (Å²) in [4.78, 5) is 15.6. The van der Waals surface area contributed by atoms with Gasteiger partial charge in [-0.05, 0) is 73.2 Å². The fourth-order valence-corrected chi connectivity index (χ4v) is 4.24. The van der Waals surface area contributed by atoms with E-state index in [-0.39, 0.29) is 12.3 Å². The first-order valence-corrected chi connectivity index (χ1v) is 11.1. The molecule has 1 aliphatic rings. The molecule has 4 nitrogen and oxygen atoms in total. The van der Waals surface area contributed by atoms with Crippen molar-refractivity contribution in [2.45, 2.75) is 38.5 Å². The van der Waals surface area contributed by atoms with Crippen LogP contribution >= 0.6 is 11.6 Å². The summed E-state index contributed by atoms with van der Waals surface area (Å²) in [5.74, 6) is -0.862. The smallest absolute Gasteiger partial charge is 0.416 e. The van der Waals surface area contributed by atoms with Gasteiger partial charge in [0.15, 0.2) is 0 Å². The lowest BCUT2D eigenvalue weighted by molar-refractivity contribution is -0.137. The number of carboxylic acid groups (broad SMARTS) is 1. The number of benzene rings is 2. The number of ether oxygens (including phenoxy) is 1. The van der Waals surface area contributed by atoms with Crippen molar-refractivity contribution < 1.29 is 27.8 Å². The number of nitrogens with zero attached hydrogens (tertiary/aromatic N) is 1. The Labute approximate surface area is 199 Å². The van der Waals surface area contributed by atoms with E-state index in [9.17, 15) is 23.1 Å². The van der Waals surface area contributed by atoms with E-state index in [0.717, 1.165) is 30.5 Å².